The van der Waals surface area contributed by atoms with Crippen molar-refractivity contribution >= 4 is 17.6 Å². The highest BCUT2D eigenvalue weighted by molar-refractivity contribution is 7.13. The maximum Gasteiger partial charge on any atom is 0.167 e. The second-order valence-electron chi connectivity index (χ2n) is 3.71. The van der Waals surface area contributed by atoms with Gasteiger partial charge in [-0.2, -0.15) is 0 Å². The van der Waals surface area contributed by atoms with Crippen LogP contribution < -0.4 is 4.74 Å². The Labute approximate surface area is 107 Å². The van der Waals surface area contributed by atoms with Crippen molar-refractivity contribution in [3.8, 4) is 5.75 Å². The second-order valence-corrected chi connectivity index (χ2v) is 5.00. The molecule has 2 aromatic rings. The van der Waals surface area contributed by atoms with Crippen molar-refractivity contribution < 1.29 is 18.3 Å². The number of benzene rings is 1. The topological polar surface area (TPSA) is 26.3 Å². The number of halogens is 2. The Kier molecular flexibility index (Phi) is 3.72. The summed E-state index contributed by atoms with van der Waals surface area (Å²) in [5.41, 5.74) is 0.825. The normalized spacial score (nSPS) is 10.4. The molecule has 0 radical (unpaired) electrons. The van der Waals surface area contributed by atoms with Gasteiger partial charge in [0.1, 0.15) is 12.4 Å². The summed E-state index contributed by atoms with van der Waals surface area (Å²) < 4.78 is 31.3. The first-order valence-corrected chi connectivity index (χ1v) is 6.04. The first-order chi connectivity index (χ1) is 8.60. The number of carbonyl (C=O) groups is 1. The lowest BCUT2D eigenvalue weighted by atomic mass is 10.2. The van der Waals surface area contributed by atoms with Crippen LogP contribution in [0.5, 0.6) is 5.75 Å². The molecule has 2 rings (SSSR count). The van der Waals surface area contributed by atoms with E-state index >= 15 is 0 Å². The molecule has 0 fully saturated rings. The van der Waals surface area contributed by atoms with Crippen molar-refractivity contribution in [1.82, 2.24) is 0 Å². The largest absolute Gasteiger partial charge is 0.486 e. The third kappa shape index (κ3) is 2.73. The Balaban J connectivity index is 2.11. The second kappa shape index (κ2) is 5.27. The van der Waals surface area contributed by atoms with Gasteiger partial charge in [-0.15, -0.1) is 11.3 Å². The predicted octanol–water partition coefficient (Wildman–Crippen LogP) is 3.73. The van der Waals surface area contributed by atoms with Gasteiger partial charge in [0.2, 0.25) is 0 Å². The van der Waals surface area contributed by atoms with Crippen LogP contribution in [0.4, 0.5) is 8.78 Å². The molecule has 1 aromatic carbocycles. The van der Waals surface area contributed by atoms with E-state index < -0.39 is 11.6 Å². The van der Waals surface area contributed by atoms with Crippen molar-refractivity contribution in [3.63, 3.8) is 0 Å². The standard InChI is InChI=1S/C13H10F2O2S/c1-8-9(4-11(6-16)18-8)7-17-13-3-2-10(14)5-12(13)15/h2-6H,7H2,1H3. The zero-order valence-corrected chi connectivity index (χ0v) is 10.4. The van der Waals surface area contributed by atoms with E-state index in [0.717, 1.165) is 28.9 Å². The van der Waals surface area contributed by atoms with Crippen LogP contribution in [-0.2, 0) is 6.61 Å². The molecule has 0 saturated heterocycles. The lowest BCUT2D eigenvalue weighted by molar-refractivity contribution is 0.112. The van der Waals surface area contributed by atoms with Gasteiger partial charge in [0, 0.05) is 16.5 Å². The Morgan fingerprint density at radius 1 is 1.33 bits per heavy atom. The van der Waals surface area contributed by atoms with Gasteiger partial charge < -0.3 is 4.74 Å². The Morgan fingerprint density at radius 2 is 2.11 bits per heavy atom. The van der Waals surface area contributed by atoms with E-state index in [1.54, 1.807) is 6.07 Å². The van der Waals surface area contributed by atoms with Crippen molar-refractivity contribution in [2.75, 3.05) is 0 Å². The highest BCUT2D eigenvalue weighted by Crippen LogP contribution is 2.23. The third-order valence-electron chi connectivity index (χ3n) is 2.43. The Morgan fingerprint density at radius 3 is 2.72 bits per heavy atom. The van der Waals surface area contributed by atoms with Crippen LogP contribution in [-0.4, -0.2) is 6.29 Å². The monoisotopic (exact) mass is 268 g/mol. The minimum Gasteiger partial charge on any atom is -0.486 e. The number of ether oxygens (including phenoxy) is 1. The molecule has 0 amide bonds. The number of rotatable bonds is 4. The lowest BCUT2D eigenvalue weighted by Gasteiger charge is -2.06. The number of hydrogen-bond donors (Lipinski definition) is 0. The highest BCUT2D eigenvalue weighted by Gasteiger charge is 2.08. The average molecular weight is 268 g/mol. The average Bonchev–Trinajstić information content (AvgIpc) is 2.69. The zero-order chi connectivity index (χ0) is 13.1. The Bertz CT molecular complexity index is 578. The van der Waals surface area contributed by atoms with Gasteiger partial charge in [-0.1, -0.05) is 0 Å². The molecule has 1 aromatic heterocycles. The first-order valence-electron chi connectivity index (χ1n) is 5.22. The number of hydrogen-bond acceptors (Lipinski definition) is 3. The molecule has 0 atom stereocenters. The van der Waals surface area contributed by atoms with Crippen LogP contribution >= 0.6 is 11.3 Å². The van der Waals surface area contributed by atoms with E-state index in [-0.39, 0.29) is 12.4 Å². The summed E-state index contributed by atoms with van der Waals surface area (Å²) in [6, 6.07) is 4.85. The quantitative estimate of drug-likeness (QED) is 0.790. The molecule has 5 heteroatoms. The lowest BCUT2D eigenvalue weighted by Crippen LogP contribution is -1.97. The van der Waals surface area contributed by atoms with E-state index in [0.29, 0.717) is 4.88 Å². The molecule has 0 unspecified atom stereocenters. The molecule has 18 heavy (non-hydrogen) atoms. The smallest absolute Gasteiger partial charge is 0.167 e. The van der Waals surface area contributed by atoms with Gasteiger partial charge in [0.15, 0.2) is 17.9 Å². The third-order valence-corrected chi connectivity index (χ3v) is 3.45. The summed E-state index contributed by atoms with van der Waals surface area (Å²) in [5.74, 6) is -1.39. The van der Waals surface area contributed by atoms with Crippen LogP contribution in [0.2, 0.25) is 0 Å². The van der Waals surface area contributed by atoms with Crippen LogP contribution in [0, 0.1) is 18.6 Å². The fourth-order valence-electron chi connectivity index (χ4n) is 1.49. The molecule has 1 heterocycles. The summed E-state index contributed by atoms with van der Waals surface area (Å²) in [5, 5.41) is 0. The number of aldehydes is 1. The van der Waals surface area contributed by atoms with Crippen molar-refractivity contribution in [1.29, 1.82) is 0 Å². The van der Waals surface area contributed by atoms with E-state index in [9.17, 15) is 13.6 Å². The van der Waals surface area contributed by atoms with E-state index in [2.05, 4.69) is 0 Å². The first kappa shape index (κ1) is 12.7. The fraction of sp³-hybridized carbons (Fsp3) is 0.154. The van der Waals surface area contributed by atoms with Crippen LogP contribution in [0.3, 0.4) is 0 Å². The van der Waals surface area contributed by atoms with Crippen molar-refractivity contribution in [2.24, 2.45) is 0 Å². The highest BCUT2D eigenvalue weighted by atomic mass is 32.1. The maximum absolute atomic E-state index is 13.3. The molecule has 0 N–H and O–H groups in total. The minimum absolute atomic E-state index is 0.00495. The molecular weight excluding hydrogens is 258 g/mol. The zero-order valence-electron chi connectivity index (χ0n) is 9.57. The maximum atomic E-state index is 13.3. The molecule has 0 aliphatic carbocycles. The summed E-state index contributed by atoms with van der Waals surface area (Å²) in [6.45, 7) is 2.01. The van der Waals surface area contributed by atoms with Crippen molar-refractivity contribution in [2.45, 2.75) is 13.5 Å². The van der Waals surface area contributed by atoms with Crippen LogP contribution in [0.1, 0.15) is 20.1 Å². The minimum atomic E-state index is -0.738. The molecule has 0 bridgehead atoms. The van der Waals surface area contributed by atoms with Gasteiger partial charge >= 0.3 is 0 Å². The van der Waals surface area contributed by atoms with Crippen LogP contribution in [0.25, 0.3) is 0 Å². The molecule has 94 valence electrons. The van der Waals surface area contributed by atoms with Gasteiger partial charge in [0.05, 0.1) is 4.88 Å². The molecule has 2 nitrogen and oxygen atoms in total. The van der Waals surface area contributed by atoms with Gasteiger partial charge in [-0.25, -0.2) is 8.78 Å². The summed E-state index contributed by atoms with van der Waals surface area (Å²) in [6.07, 6.45) is 0.764. The van der Waals surface area contributed by atoms with E-state index in [1.165, 1.54) is 17.4 Å². The number of aryl methyl sites for hydroxylation is 1. The SMILES string of the molecule is Cc1sc(C=O)cc1COc1ccc(F)cc1F. The molecular formula is C13H10F2O2S. The van der Waals surface area contributed by atoms with E-state index in [4.69, 9.17) is 4.74 Å². The summed E-state index contributed by atoms with van der Waals surface area (Å²) in [4.78, 5) is 12.2. The Hall–Kier alpha value is -1.75. The van der Waals surface area contributed by atoms with Crippen LogP contribution in [0.15, 0.2) is 24.3 Å². The van der Waals surface area contributed by atoms with Gasteiger partial charge in [-0.3, -0.25) is 4.79 Å². The van der Waals surface area contributed by atoms with Crippen molar-refractivity contribution in [3.05, 3.63) is 51.2 Å². The predicted molar refractivity (Wildman–Crippen MR) is 65.1 cm³/mol. The molecule has 0 saturated carbocycles. The number of carbonyl (C=O) groups excluding carboxylic acids is 1. The fourth-order valence-corrected chi connectivity index (χ4v) is 2.35. The molecule has 0 aliphatic rings. The van der Waals surface area contributed by atoms with Gasteiger partial charge in [-0.05, 0) is 25.1 Å². The van der Waals surface area contributed by atoms with Gasteiger partial charge in [0.25, 0.3) is 0 Å². The molecule has 0 aliphatic heterocycles. The van der Waals surface area contributed by atoms with E-state index in [1.807, 2.05) is 6.92 Å². The number of thiophene rings is 1. The summed E-state index contributed by atoms with van der Waals surface area (Å²) in [7, 11) is 0. The summed E-state index contributed by atoms with van der Waals surface area (Å²) >= 11 is 1.35. The molecule has 0 spiro atoms.